The number of aryl methyl sites for hydroxylation is 1. The molecule has 6 nitrogen and oxygen atoms in total. The van der Waals surface area contributed by atoms with E-state index in [-0.39, 0.29) is 34.7 Å². The summed E-state index contributed by atoms with van der Waals surface area (Å²) in [6.45, 7) is 3.86. The van der Waals surface area contributed by atoms with E-state index >= 15 is 0 Å². The zero-order valence-corrected chi connectivity index (χ0v) is 21.9. The van der Waals surface area contributed by atoms with E-state index in [4.69, 9.17) is 0 Å². The summed E-state index contributed by atoms with van der Waals surface area (Å²) in [6, 6.07) is 10.2. The zero-order valence-electron chi connectivity index (χ0n) is 21.9. The van der Waals surface area contributed by atoms with Crippen LogP contribution in [0.25, 0.3) is 0 Å². The minimum absolute atomic E-state index is 0.0466. The van der Waals surface area contributed by atoms with Crippen LogP contribution in [0, 0.1) is 0 Å². The highest BCUT2D eigenvalue weighted by molar-refractivity contribution is 6.10. The van der Waals surface area contributed by atoms with E-state index in [1.165, 1.54) is 11.0 Å². The molecule has 1 aromatic heterocycles. The fourth-order valence-corrected chi connectivity index (χ4v) is 6.46. The van der Waals surface area contributed by atoms with Gasteiger partial charge in [0, 0.05) is 29.9 Å². The summed E-state index contributed by atoms with van der Waals surface area (Å²) in [5.41, 5.74) is 1.17. The summed E-state index contributed by atoms with van der Waals surface area (Å²) >= 11 is 0. The van der Waals surface area contributed by atoms with E-state index in [1.807, 2.05) is 36.7 Å². The number of alkyl halides is 3. The highest BCUT2D eigenvalue weighted by Gasteiger charge is 2.45. The smallest absolute Gasteiger partial charge is 0.320 e. The largest absolute Gasteiger partial charge is 0.416 e. The van der Waals surface area contributed by atoms with Crippen LogP contribution >= 0.6 is 0 Å². The van der Waals surface area contributed by atoms with Crippen LogP contribution in [0.3, 0.4) is 0 Å². The average molecular weight is 524 g/mol. The van der Waals surface area contributed by atoms with Gasteiger partial charge in [0.15, 0.2) is 0 Å². The fraction of sp³-hybridized carbons (Fsp3) is 0.483. The van der Waals surface area contributed by atoms with Gasteiger partial charge in [-0.1, -0.05) is 18.6 Å². The third-order valence-electron chi connectivity index (χ3n) is 8.95. The van der Waals surface area contributed by atoms with E-state index in [9.17, 15) is 18.0 Å². The molecule has 2 saturated carbocycles. The van der Waals surface area contributed by atoms with Gasteiger partial charge in [-0.3, -0.25) is 4.79 Å². The predicted molar refractivity (Wildman–Crippen MR) is 138 cm³/mol. The van der Waals surface area contributed by atoms with E-state index < -0.39 is 17.6 Å². The first-order valence-electron chi connectivity index (χ1n) is 13.3. The lowest BCUT2D eigenvalue weighted by atomic mass is 9.63. The molecule has 6 rings (SSSR count). The van der Waals surface area contributed by atoms with Crippen LogP contribution in [-0.2, 0) is 25.2 Å². The van der Waals surface area contributed by atoms with Crippen molar-refractivity contribution >= 4 is 11.6 Å². The Labute approximate surface area is 220 Å². The Hall–Kier alpha value is -3.20. The molecule has 1 amide bonds. The summed E-state index contributed by atoms with van der Waals surface area (Å²) < 4.78 is 44.7. The Morgan fingerprint density at radius 1 is 1.08 bits per heavy atom. The summed E-state index contributed by atoms with van der Waals surface area (Å²) in [4.78, 5) is 15.1. The topological polar surface area (TPSA) is 63.0 Å². The monoisotopic (exact) mass is 523 g/mol. The van der Waals surface area contributed by atoms with Crippen molar-refractivity contribution in [1.29, 1.82) is 0 Å². The number of carbonyl (C=O) groups excluding carboxylic acids is 1. The molecule has 2 aromatic carbocycles. The Kier molecular flexibility index (Phi) is 5.72. The summed E-state index contributed by atoms with van der Waals surface area (Å²) in [6.07, 6.45) is 3.08. The molecule has 3 aromatic rings. The number of nitrogens with zero attached hydrogens (tertiary/aromatic N) is 4. The Morgan fingerprint density at radius 3 is 2.39 bits per heavy atom. The average Bonchev–Trinajstić information content (AvgIpc) is 3.40. The lowest BCUT2D eigenvalue weighted by Gasteiger charge is -2.42. The number of halogens is 3. The maximum atomic E-state index is 14.3. The molecule has 2 aliphatic carbocycles. The van der Waals surface area contributed by atoms with Crippen molar-refractivity contribution in [3.05, 3.63) is 76.4 Å². The highest BCUT2D eigenvalue weighted by atomic mass is 19.4. The molecule has 0 radical (unpaired) electrons. The van der Waals surface area contributed by atoms with Gasteiger partial charge in [0.2, 0.25) is 0 Å². The standard InChI is InChI=1S/C29H32F3N5O/c1-18(34-27(2)9-5-10-27)19-13-22-23(24(14-19)29(30,31)32)16-37(25(22)38)21-8-4-7-20(15-21)28(11-6-12-28)26-35-33-17-36(26)3/h4,7-8,13-15,17-18,34H,5-6,9-12,16H2,1-3H3/t18-/m1/s1. The maximum absolute atomic E-state index is 14.3. The second-order valence-corrected chi connectivity index (χ2v) is 11.5. The van der Waals surface area contributed by atoms with Gasteiger partial charge in [0.05, 0.1) is 17.5 Å². The summed E-state index contributed by atoms with van der Waals surface area (Å²) in [7, 11) is 1.91. The highest BCUT2D eigenvalue weighted by Crippen LogP contribution is 2.49. The molecular weight excluding hydrogens is 491 g/mol. The molecule has 2 heterocycles. The Balaban J connectivity index is 1.36. The molecule has 0 unspecified atom stereocenters. The van der Waals surface area contributed by atoms with Gasteiger partial charge in [-0.25, -0.2) is 0 Å². The van der Waals surface area contributed by atoms with Crippen LogP contribution in [0.2, 0.25) is 0 Å². The van der Waals surface area contributed by atoms with Crippen LogP contribution < -0.4 is 10.2 Å². The van der Waals surface area contributed by atoms with Crippen molar-refractivity contribution in [3.63, 3.8) is 0 Å². The van der Waals surface area contributed by atoms with Crippen molar-refractivity contribution in [2.45, 2.75) is 82.1 Å². The molecular formula is C29H32F3N5O. The van der Waals surface area contributed by atoms with E-state index in [1.54, 1.807) is 18.5 Å². The van der Waals surface area contributed by atoms with E-state index in [0.717, 1.165) is 49.9 Å². The minimum Gasteiger partial charge on any atom is -0.320 e. The minimum atomic E-state index is -4.56. The Bertz CT molecular complexity index is 1400. The SMILES string of the molecule is C[C@@H](NC1(C)CCC1)c1cc2c(c(C(F)(F)F)c1)CN(c1cccc(C3(c4nncn4C)CCC3)c1)C2=O. The molecule has 0 spiro atoms. The second kappa shape index (κ2) is 8.66. The number of hydrogen-bond donors (Lipinski definition) is 1. The number of anilines is 1. The van der Waals surface area contributed by atoms with Gasteiger partial charge in [0.1, 0.15) is 12.2 Å². The van der Waals surface area contributed by atoms with Gasteiger partial charge in [-0.15, -0.1) is 10.2 Å². The van der Waals surface area contributed by atoms with E-state index in [0.29, 0.717) is 11.3 Å². The molecule has 1 atom stereocenters. The number of amides is 1. The molecule has 9 heteroatoms. The number of aromatic nitrogens is 3. The normalized spacial score (nSPS) is 20.6. The first-order valence-corrected chi connectivity index (χ1v) is 13.3. The second-order valence-electron chi connectivity index (χ2n) is 11.5. The number of hydrogen-bond acceptors (Lipinski definition) is 4. The molecule has 38 heavy (non-hydrogen) atoms. The predicted octanol–water partition coefficient (Wildman–Crippen LogP) is 6.06. The van der Waals surface area contributed by atoms with Crippen molar-refractivity contribution in [2.24, 2.45) is 7.05 Å². The molecule has 1 aliphatic heterocycles. The van der Waals surface area contributed by atoms with Crippen LogP contribution in [0.1, 0.15) is 96.9 Å². The van der Waals surface area contributed by atoms with E-state index in [2.05, 4.69) is 22.4 Å². The van der Waals surface area contributed by atoms with Gasteiger partial charge in [0.25, 0.3) is 5.91 Å². The van der Waals surface area contributed by atoms with Crippen LogP contribution in [0.15, 0.2) is 42.7 Å². The molecule has 3 aliphatic rings. The number of benzene rings is 2. The number of rotatable bonds is 6. The molecule has 0 saturated heterocycles. The zero-order chi connectivity index (χ0) is 26.9. The quantitative estimate of drug-likeness (QED) is 0.427. The van der Waals surface area contributed by atoms with Gasteiger partial charge < -0.3 is 14.8 Å². The summed E-state index contributed by atoms with van der Waals surface area (Å²) in [5.74, 6) is 0.468. The molecule has 1 N–H and O–H groups in total. The lowest BCUT2D eigenvalue weighted by molar-refractivity contribution is -0.138. The molecule has 0 bridgehead atoms. The first kappa shape index (κ1) is 25.1. The third-order valence-corrected chi connectivity index (χ3v) is 8.95. The van der Waals surface area contributed by atoms with Gasteiger partial charge in [-0.05, 0) is 86.9 Å². The maximum Gasteiger partial charge on any atom is 0.416 e. The Morgan fingerprint density at radius 2 is 1.82 bits per heavy atom. The lowest BCUT2D eigenvalue weighted by Crippen LogP contribution is -2.49. The first-order chi connectivity index (χ1) is 18.0. The van der Waals surface area contributed by atoms with Crippen molar-refractivity contribution in [3.8, 4) is 0 Å². The van der Waals surface area contributed by atoms with Gasteiger partial charge >= 0.3 is 6.18 Å². The van der Waals surface area contributed by atoms with Crippen molar-refractivity contribution < 1.29 is 18.0 Å². The molecule has 200 valence electrons. The van der Waals surface area contributed by atoms with Crippen LogP contribution in [0.5, 0.6) is 0 Å². The van der Waals surface area contributed by atoms with Crippen molar-refractivity contribution in [1.82, 2.24) is 20.1 Å². The number of fused-ring (bicyclic) bond motifs is 1. The number of nitrogens with one attached hydrogen (secondary N) is 1. The van der Waals surface area contributed by atoms with Gasteiger partial charge in [-0.2, -0.15) is 13.2 Å². The molecule has 2 fully saturated rings. The van der Waals surface area contributed by atoms with Crippen molar-refractivity contribution in [2.75, 3.05) is 4.90 Å². The van der Waals surface area contributed by atoms with Crippen LogP contribution in [0.4, 0.5) is 18.9 Å². The fourth-order valence-electron chi connectivity index (χ4n) is 6.46. The summed E-state index contributed by atoms with van der Waals surface area (Å²) in [5, 5.41) is 11.9. The number of carbonyl (C=O) groups is 1. The third kappa shape index (κ3) is 3.94. The van der Waals surface area contributed by atoms with Crippen LogP contribution in [-0.4, -0.2) is 26.2 Å².